The first-order valence-corrected chi connectivity index (χ1v) is 1.02. The largest absolute Gasteiger partial charge is 1.00 e. The van der Waals surface area contributed by atoms with Crippen molar-refractivity contribution in [2.45, 2.75) is 0 Å². The predicted molar refractivity (Wildman–Crippen MR) is 19.6 cm³/mol. The minimum absolute atomic E-state index is 0. The molecule has 0 amide bonds. The monoisotopic (exact) mass is 206 g/mol. The van der Waals surface area contributed by atoms with Gasteiger partial charge in [0.25, 0.3) is 0 Å². The summed E-state index contributed by atoms with van der Waals surface area (Å²) >= 11 is 0. The molecule has 8 heteroatoms. The van der Waals surface area contributed by atoms with Crippen LogP contribution in [0.4, 0.5) is 0 Å². The Balaban J connectivity index is -0.00000000379. The molecular formula is C5CrLi2O5+2. The van der Waals surface area contributed by atoms with Gasteiger partial charge in [-0.2, -0.15) is 0 Å². The van der Waals surface area contributed by atoms with E-state index in [-0.39, 0.29) is 55.1 Å². The Kier molecular flexibility index (Phi) is 48100. The van der Waals surface area contributed by atoms with Gasteiger partial charge in [0, 0.05) is 17.4 Å². The fourth-order valence-electron chi connectivity index (χ4n) is 0. The standard InChI is InChI=1S/5CO.Cr.2Li/c5*1-2;;;/q;;;;;;2*+1. The molecule has 0 aliphatic rings. The topological polar surface area (TPSA) is 99.5 Å². The second kappa shape index (κ2) is 8890. The SMILES string of the molecule is [C-]#[O+].[C-]#[O+].[C-]#[O+].[C-]#[O+].[C-]#[O+].[Cr].[Li+].[Li+]. The molecule has 0 atom stereocenters. The normalized spacial score (nSPS) is 0.769. The van der Waals surface area contributed by atoms with Crippen molar-refractivity contribution in [3.05, 3.63) is 33.3 Å². The van der Waals surface area contributed by atoms with Gasteiger partial charge in [-0.15, -0.1) is 0 Å². The molecule has 0 bridgehead atoms. The Bertz CT molecular complexity index is 81.5. The molecule has 13 heavy (non-hydrogen) atoms. The molecule has 5 nitrogen and oxygen atoms in total. The molecule has 0 saturated heterocycles. The van der Waals surface area contributed by atoms with Crippen LogP contribution in [0.2, 0.25) is 0 Å². The summed E-state index contributed by atoms with van der Waals surface area (Å²) in [5.41, 5.74) is 0. The molecular weight excluding hydrogens is 206 g/mol. The van der Waals surface area contributed by atoms with E-state index in [0.717, 1.165) is 0 Å². The van der Waals surface area contributed by atoms with Crippen molar-refractivity contribution in [3.8, 4) is 0 Å². The van der Waals surface area contributed by atoms with E-state index < -0.39 is 0 Å². The number of rotatable bonds is 0. The third-order valence-corrected chi connectivity index (χ3v) is 0. The van der Waals surface area contributed by atoms with Gasteiger partial charge in [0.2, 0.25) is 0 Å². The summed E-state index contributed by atoms with van der Waals surface area (Å²) in [7, 11) is 0. The van der Waals surface area contributed by atoms with Crippen LogP contribution in [-0.4, -0.2) is 0 Å². The molecule has 56 valence electrons. The van der Waals surface area contributed by atoms with Gasteiger partial charge >= 0.3 is 94.2 Å². The van der Waals surface area contributed by atoms with Crippen LogP contribution in [0.1, 0.15) is 0 Å². The molecule has 0 aromatic rings. The molecule has 0 rings (SSSR count). The molecule has 0 spiro atoms. The van der Waals surface area contributed by atoms with Crippen molar-refractivity contribution in [1.82, 2.24) is 0 Å². The number of hydrogen-bond acceptors (Lipinski definition) is 0. The molecule has 0 radical (unpaired) electrons. The van der Waals surface area contributed by atoms with Gasteiger partial charge in [-0.3, -0.25) is 0 Å². The quantitative estimate of drug-likeness (QED) is 0.214. The van der Waals surface area contributed by atoms with E-state index in [1.165, 1.54) is 0 Å². The average molecular weight is 206 g/mol. The van der Waals surface area contributed by atoms with E-state index in [0.29, 0.717) is 0 Å². The second-order valence-electron chi connectivity index (χ2n) is 0. The van der Waals surface area contributed by atoms with Gasteiger partial charge < -0.3 is 0 Å². The summed E-state index contributed by atoms with van der Waals surface area (Å²) in [5, 5.41) is 0. The van der Waals surface area contributed by atoms with E-state index in [1.54, 1.807) is 0 Å². The van der Waals surface area contributed by atoms with Crippen LogP contribution in [0.25, 0.3) is 0 Å². The van der Waals surface area contributed by atoms with E-state index >= 15 is 0 Å². The van der Waals surface area contributed by atoms with Crippen molar-refractivity contribution >= 4 is 0 Å². The van der Waals surface area contributed by atoms with Crippen molar-refractivity contribution in [2.24, 2.45) is 0 Å². The van der Waals surface area contributed by atoms with Crippen LogP contribution < -0.4 is 37.7 Å². The van der Waals surface area contributed by atoms with E-state index in [1.807, 2.05) is 0 Å². The molecule has 0 aromatic carbocycles. The third-order valence-electron chi connectivity index (χ3n) is 0. The average Bonchev–Trinajstić information content (AvgIpc) is 2.20. The van der Waals surface area contributed by atoms with Crippen molar-refractivity contribution < 1.29 is 78.3 Å². The van der Waals surface area contributed by atoms with Gasteiger partial charge in [-0.25, -0.2) is 0 Å². The smallest absolute Gasteiger partial charge is 0 e. The Morgan fingerprint density at radius 3 is 0.385 bits per heavy atom. The summed E-state index contributed by atoms with van der Waals surface area (Å²) in [6.07, 6.45) is 0. The van der Waals surface area contributed by atoms with E-state index in [2.05, 4.69) is 33.3 Å². The van der Waals surface area contributed by atoms with Crippen LogP contribution in [0.15, 0.2) is 0 Å². The molecule has 0 unspecified atom stereocenters. The first-order valence-electron chi connectivity index (χ1n) is 1.02. The Labute approximate surface area is 111 Å². The summed E-state index contributed by atoms with van der Waals surface area (Å²) in [5.74, 6) is 0. The number of hydrogen-bond donors (Lipinski definition) is 0. The molecule has 0 aliphatic carbocycles. The minimum atomic E-state index is 0. The minimum Gasteiger partial charge on any atom is 0 e. The summed E-state index contributed by atoms with van der Waals surface area (Å²) in [6.45, 7) is 22.5. The van der Waals surface area contributed by atoms with Crippen molar-refractivity contribution in [3.63, 3.8) is 0 Å². The maximum absolute atomic E-state index is 7.50. The molecule has 0 N–H and O–H groups in total. The van der Waals surface area contributed by atoms with E-state index in [9.17, 15) is 0 Å². The fourth-order valence-corrected chi connectivity index (χ4v) is 0. The second-order valence-corrected chi connectivity index (χ2v) is 0. The maximum Gasteiger partial charge on any atom is 1.00 e. The summed E-state index contributed by atoms with van der Waals surface area (Å²) in [4.78, 5) is 0. The molecule has 0 fully saturated rings. The Morgan fingerprint density at radius 1 is 0.385 bits per heavy atom. The maximum atomic E-state index is 7.50. The zero-order chi connectivity index (χ0) is 10.0. The summed E-state index contributed by atoms with van der Waals surface area (Å²) in [6, 6.07) is 0. The molecule has 0 heterocycles. The van der Waals surface area contributed by atoms with Gasteiger partial charge in [-0.1, -0.05) is 0 Å². The third kappa shape index (κ3) is 7400. The molecule has 0 aliphatic heterocycles. The Hall–Kier alpha value is 0.427. The predicted octanol–water partition coefficient (Wildman–Crippen LogP) is -6.18. The molecule has 0 saturated carbocycles. The van der Waals surface area contributed by atoms with E-state index in [4.69, 9.17) is 23.3 Å². The van der Waals surface area contributed by atoms with Crippen LogP contribution >= 0.6 is 0 Å². The first kappa shape index (κ1) is 70.4. The van der Waals surface area contributed by atoms with Crippen LogP contribution in [0.5, 0.6) is 0 Å². The zero-order valence-corrected chi connectivity index (χ0v) is 8.22. The summed E-state index contributed by atoms with van der Waals surface area (Å²) < 4.78 is 37.5. The van der Waals surface area contributed by atoms with Crippen LogP contribution in [-0.2, 0) is 40.6 Å². The van der Waals surface area contributed by atoms with Gasteiger partial charge in [-0.05, 0) is 0 Å². The van der Waals surface area contributed by atoms with Gasteiger partial charge in [0.1, 0.15) is 0 Å². The Morgan fingerprint density at radius 2 is 0.385 bits per heavy atom. The van der Waals surface area contributed by atoms with Crippen LogP contribution in [0.3, 0.4) is 0 Å². The van der Waals surface area contributed by atoms with Gasteiger partial charge in [0.05, 0.1) is 0 Å². The fraction of sp³-hybridized carbons (Fsp3) is 0. The van der Waals surface area contributed by atoms with Crippen LogP contribution in [0, 0.1) is 33.3 Å². The molecule has 0 aromatic heterocycles. The zero-order valence-electron chi connectivity index (χ0n) is 6.95. The van der Waals surface area contributed by atoms with Crippen molar-refractivity contribution in [1.29, 1.82) is 0 Å². The van der Waals surface area contributed by atoms with Crippen molar-refractivity contribution in [2.75, 3.05) is 0 Å². The first-order chi connectivity index (χ1) is 5.00. The van der Waals surface area contributed by atoms with Gasteiger partial charge in [0.15, 0.2) is 0 Å².